The van der Waals surface area contributed by atoms with Gasteiger partial charge in [0.2, 0.25) is 11.8 Å². The number of alkyl carbamates (subject to hydrolysis) is 1. The molecule has 1 aromatic carbocycles. The van der Waals surface area contributed by atoms with Gasteiger partial charge in [0.15, 0.2) is 5.17 Å². The molecule has 38 heavy (non-hydrogen) atoms. The highest BCUT2D eigenvalue weighted by Crippen LogP contribution is 2.20. The Morgan fingerprint density at radius 2 is 1.76 bits per heavy atom. The van der Waals surface area contributed by atoms with Crippen molar-refractivity contribution in [2.45, 2.75) is 91.2 Å². The average molecular weight is 545 g/mol. The van der Waals surface area contributed by atoms with Crippen LogP contribution >= 0.6 is 11.8 Å². The van der Waals surface area contributed by atoms with Crippen LogP contribution in [0.1, 0.15) is 67.4 Å². The van der Waals surface area contributed by atoms with Crippen molar-refractivity contribution in [3.63, 3.8) is 0 Å². The number of hydrogen-bond donors (Lipinski definition) is 3. The molecule has 0 aromatic heterocycles. The van der Waals surface area contributed by atoms with Gasteiger partial charge in [-0.2, -0.15) is 0 Å². The minimum absolute atomic E-state index is 0.109. The predicted octanol–water partition coefficient (Wildman–Crippen LogP) is 4.84. The molecule has 1 aliphatic heterocycles. The van der Waals surface area contributed by atoms with E-state index in [0.29, 0.717) is 23.4 Å². The van der Waals surface area contributed by atoms with Crippen LogP contribution in [-0.2, 0) is 20.7 Å². The van der Waals surface area contributed by atoms with Gasteiger partial charge in [0.1, 0.15) is 11.6 Å². The maximum Gasteiger partial charge on any atom is 0.408 e. The number of nitrogens with zero attached hydrogens (tertiary/aromatic N) is 1. The summed E-state index contributed by atoms with van der Waals surface area (Å²) in [5.74, 6) is -1.16. The van der Waals surface area contributed by atoms with Gasteiger partial charge in [0.25, 0.3) is 0 Å². The van der Waals surface area contributed by atoms with Crippen LogP contribution in [0, 0.1) is 11.8 Å². The lowest BCUT2D eigenvalue weighted by molar-refractivity contribution is -0.130. The van der Waals surface area contributed by atoms with Gasteiger partial charge in [-0.1, -0.05) is 81.4 Å². The van der Waals surface area contributed by atoms with E-state index in [1.165, 1.54) is 0 Å². The third-order valence-corrected chi connectivity index (χ3v) is 7.12. The van der Waals surface area contributed by atoms with Gasteiger partial charge in [-0.15, -0.1) is 0 Å². The SMILES string of the molecule is C/C(=C\[C@@H](C)C(=O)N[C@H](C(=O)NC1=NCCC(C)S1)C(C)C)[C@@H](Cc1ccccc1)NC(=O)OC(C)(C)C. The molecule has 1 heterocycles. The molecule has 4 atom stereocenters. The Kier molecular flexibility index (Phi) is 11.9. The number of rotatable bonds is 9. The molecule has 0 saturated carbocycles. The molecular weight excluding hydrogens is 500 g/mol. The number of amidine groups is 1. The number of aliphatic imine (C=N–C) groups is 1. The second kappa shape index (κ2) is 14.4. The van der Waals surface area contributed by atoms with Crippen molar-refractivity contribution < 1.29 is 19.1 Å². The van der Waals surface area contributed by atoms with E-state index in [1.54, 1.807) is 18.7 Å². The Bertz CT molecular complexity index is 1020. The summed E-state index contributed by atoms with van der Waals surface area (Å²) in [4.78, 5) is 43.1. The Morgan fingerprint density at radius 3 is 2.34 bits per heavy atom. The van der Waals surface area contributed by atoms with Gasteiger partial charge < -0.3 is 20.7 Å². The van der Waals surface area contributed by atoms with Crippen LogP contribution in [0.3, 0.4) is 0 Å². The lowest BCUT2D eigenvalue weighted by atomic mass is 9.96. The fourth-order valence-electron chi connectivity index (χ4n) is 3.92. The van der Waals surface area contributed by atoms with E-state index in [0.717, 1.165) is 17.6 Å². The molecule has 2 rings (SSSR count). The van der Waals surface area contributed by atoms with E-state index in [4.69, 9.17) is 4.74 Å². The van der Waals surface area contributed by atoms with Crippen LogP contribution in [0.25, 0.3) is 0 Å². The third kappa shape index (κ3) is 10.9. The van der Waals surface area contributed by atoms with E-state index in [9.17, 15) is 14.4 Å². The van der Waals surface area contributed by atoms with Crippen molar-refractivity contribution in [3.05, 3.63) is 47.5 Å². The Labute approximate surface area is 231 Å². The molecule has 1 unspecified atom stereocenters. The smallest absolute Gasteiger partial charge is 0.408 e. The van der Waals surface area contributed by atoms with Gasteiger partial charge in [-0.05, 0) is 52.0 Å². The van der Waals surface area contributed by atoms with E-state index in [1.807, 2.05) is 78.0 Å². The zero-order chi connectivity index (χ0) is 28.5. The Hall–Kier alpha value is -2.81. The lowest BCUT2D eigenvalue weighted by Gasteiger charge is -2.26. The summed E-state index contributed by atoms with van der Waals surface area (Å²) in [7, 11) is 0. The second-order valence-corrected chi connectivity index (χ2v) is 12.6. The highest BCUT2D eigenvalue weighted by atomic mass is 32.2. The molecule has 0 aliphatic carbocycles. The van der Waals surface area contributed by atoms with Crippen molar-refractivity contribution >= 4 is 34.8 Å². The minimum Gasteiger partial charge on any atom is -0.444 e. The van der Waals surface area contributed by atoms with Crippen LogP contribution in [0.15, 0.2) is 47.0 Å². The van der Waals surface area contributed by atoms with Gasteiger partial charge in [0, 0.05) is 11.8 Å². The Balaban J connectivity index is 2.12. The van der Waals surface area contributed by atoms with Crippen molar-refractivity contribution in [2.75, 3.05) is 6.54 Å². The summed E-state index contributed by atoms with van der Waals surface area (Å²) in [6.45, 7) is 15.7. The molecular formula is C29H44N4O4S. The van der Waals surface area contributed by atoms with E-state index in [-0.39, 0.29) is 23.8 Å². The number of benzene rings is 1. The van der Waals surface area contributed by atoms with Gasteiger partial charge in [-0.25, -0.2) is 4.79 Å². The lowest BCUT2D eigenvalue weighted by Crippen LogP contribution is -2.52. The zero-order valence-corrected chi connectivity index (χ0v) is 24.8. The van der Waals surface area contributed by atoms with Gasteiger partial charge in [-0.3, -0.25) is 14.6 Å². The highest BCUT2D eigenvalue weighted by Gasteiger charge is 2.28. The number of amides is 3. The van der Waals surface area contributed by atoms with Crippen molar-refractivity contribution in [1.29, 1.82) is 0 Å². The summed E-state index contributed by atoms with van der Waals surface area (Å²) < 4.78 is 5.47. The molecule has 1 aliphatic rings. The number of thioether (sulfide) groups is 1. The average Bonchev–Trinajstić information content (AvgIpc) is 2.81. The molecule has 210 valence electrons. The maximum absolute atomic E-state index is 13.1. The molecule has 0 spiro atoms. The van der Waals surface area contributed by atoms with E-state index >= 15 is 0 Å². The van der Waals surface area contributed by atoms with Crippen molar-refractivity contribution in [1.82, 2.24) is 16.0 Å². The fourth-order valence-corrected chi connectivity index (χ4v) is 4.85. The number of carbonyl (C=O) groups is 3. The van der Waals surface area contributed by atoms with Crippen molar-refractivity contribution in [2.24, 2.45) is 16.8 Å². The summed E-state index contributed by atoms with van der Waals surface area (Å²) in [6.07, 6.45) is 2.84. The highest BCUT2D eigenvalue weighted by molar-refractivity contribution is 8.14. The van der Waals surface area contributed by atoms with Crippen LogP contribution in [-0.4, -0.2) is 52.6 Å². The first-order valence-electron chi connectivity index (χ1n) is 13.3. The number of ether oxygens (including phenoxy) is 1. The van der Waals surface area contributed by atoms with Crippen molar-refractivity contribution in [3.8, 4) is 0 Å². The number of hydrogen-bond acceptors (Lipinski definition) is 6. The normalized spacial score (nSPS) is 18.6. The molecule has 0 radical (unpaired) electrons. The summed E-state index contributed by atoms with van der Waals surface area (Å²) >= 11 is 1.54. The quantitative estimate of drug-likeness (QED) is 0.386. The molecule has 9 heteroatoms. The molecule has 0 saturated heterocycles. The monoisotopic (exact) mass is 544 g/mol. The standard InChI is InChI=1S/C29H44N4O4S/c1-18(2)24(26(35)33-27-30-15-14-21(5)38-27)32-25(34)20(4)16-19(3)23(17-22-12-10-9-11-13-22)31-28(36)37-29(6,7)8/h9-13,16,18,20-21,23-24H,14-15,17H2,1-8H3,(H,31,36)(H,32,34)(H,30,33,35)/b19-16+/t20-,21?,23-,24+/m1/s1. The summed E-state index contributed by atoms with van der Waals surface area (Å²) in [6, 6.07) is 8.77. The summed E-state index contributed by atoms with van der Waals surface area (Å²) in [5, 5.41) is 9.74. The minimum atomic E-state index is -0.695. The third-order valence-electron chi connectivity index (χ3n) is 6.03. The predicted molar refractivity (Wildman–Crippen MR) is 155 cm³/mol. The second-order valence-electron chi connectivity index (χ2n) is 11.2. The van der Waals surface area contributed by atoms with E-state index in [2.05, 4.69) is 27.9 Å². The first-order chi connectivity index (χ1) is 17.7. The molecule has 0 bridgehead atoms. The van der Waals surface area contributed by atoms with Crippen LogP contribution in [0.4, 0.5) is 4.79 Å². The molecule has 1 aromatic rings. The number of nitrogens with one attached hydrogen (secondary N) is 3. The first kappa shape index (κ1) is 31.4. The topological polar surface area (TPSA) is 109 Å². The van der Waals surface area contributed by atoms with E-state index < -0.39 is 23.7 Å². The maximum atomic E-state index is 13.1. The fraction of sp³-hybridized carbons (Fsp3) is 0.586. The first-order valence-corrected chi connectivity index (χ1v) is 14.2. The van der Waals surface area contributed by atoms with Gasteiger partial charge >= 0.3 is 6.09 Å². The van der Waals surface area contributed by atoms with Crippen LogP contribution < -0.4 is 16.0 Å². The summed E-state index contributed by atoms with van der Waals surface area (Å²) in [5.41, 5.74) is 1.25. The Morgan fingerprint density at radius 1 is 1.11 bits per heavy atom. The molecule has 8 nitrogen and oxygen atoms in total. The molecule has 3 amide bonds. The van der Waals surface area contributed by atoms with Crippen LogP contribution in [0.5, 0.6) is 0 Å². The molecule has 0 fully saturated rings. The van der Waals surface area contributed by atoms with Gasteiger partial charge in [0.05, 0.1) is 12.0 Å². The largest absolute Gasteiger partial charge is 0.444 e. The van der Waals surface area contributed by atoms with Crippen LogP contribution in [0.2, 0.25) is 0 Å². The number of carbonyl (C=O) groups excluding carboxylic acids is 3. The zero-order valence-electron chi connectivity index (χ0n) is 24.0. The molecule has 3 N–H and O–H groups in total.